The summed E-state index contributed by atoms with van der Waals surface area (Å²) >= 11 is 1.21. The molecule has 6 nitrogen and oxygen atoms in total. The Morgan fingerprint density at radius 1 is 0.926 bits per heavy atom. The van der Waals surface area contributed by atoms with Crippen molar-refractivity contribution < 1.29 is 20.1 Å². The fourth-order valence-corrected chi connectivity index (χ4v) is 4.01. The average Bonchev–Trinajstić information content (AvgIpc) is 3.06. The zero-order valence-corrected chi connectivity index (χ0v) is 14.6. The van der Waals surface area contributed by atoms with E-state index in [9.17, 15) is 24.9 Å². The van der Waals surface area contributed by atoms with Crippen molar-refractivity contribution >= 4 is 27.5 Å². The van der Waals surface area contributed by atoms with Crippen molar-refractivity contribution in [2.45, 2.75) is 0 Å². The van der Waals surface area contributed by atoms with Gasteiger partial charge in [-0.3, -0.25) is 4.79 Å². The maximum Gasteiger partial charge on any atom is 0.345 e. The molecule has 0 bridgehead atoms. The first-order valence-corrected chi connectivity index (χ1v) is 8.84. The smallest absolute Gasteiger partial charge is 0.345 e. The molecule has 0 aliphatic rings. The van der Waals surface area contributed by atoms with Crippen LogP contribution in [0, 0.1) is 0 Å². The molecule has 0 aliphatic heterocycles. The van der Waals surface area contributed by atoms with E-state index in [4.69, 9.17) is 0 Å². The molecule has 27 heavy (non-hydrogen) atoms. The molecule has 0 saturated carbocycles. The van der Waals surface area contributed by atoms with Gasteiger partial charge >= 0.3 is 5.97 Å². The summed E-state index contributed by atoms with van der Waals surface area (Å²) in [4.78, 5) is 26.1. The number of benzene rings is 2. The molecule has 0 unspecified atom stereocenters. The normalized spacial score (nSPS) is 11.0. The number of hydrogen-bond donors (Lipinski definition) is 4. The van der Waals surface area contributed by atoms with Crippen LogP contribution in [-0.2, 0) is 0 Å². The second kappa shape index (κ2) is 6.30. The second-order valence-electron chi connectivity index (χ2n) is 5.93. The van der Waals surface area contributed by atoms with E-state index in [1.807, 2.05) is 30.3 Å². The Hall–Kier alpha value is -3.58. The summed E-state index contributed by atoms with van der Waals surface area (Å²) < 4.78 is 0. The SMILES string of the molecule is O=C(O)c1c(O)c2c(-c3ccc(-c4ccccc4O)cc3)csc2[nH]c1=O. The van der Waals surface area contributed by atoms with Crippen molar-refractivity contribution in [2.24, 2.45) is 0 Å². The van der Waals surface area contributed by atoms with Crippen molar-refractivity contribution in [1.82, 2.24) is 4.98 Å². The number of carbonyl (C=O) groups is 1. The van der Waals surface area contributed by atoms with E-state index in [0.29, 0.717) is 21.3 Å². The number of aromatic nitrogens is 1. The van der Waals surface area contributed by atoms with Crippen LogP contribution in [0.2, 0.25) is 0 Å². The highest BCUT2D eigenvalue weighted by Crippen LogP contribution is 2.39. The van der Waals surface area contributed by atoms with Crippen LogP contribution in [0.25, 0.3) is 32.5 Å². The van der Waals surface area contributed by atoms with Gasteiger partial charge in [0.15, 0.2) is 5.56 Å². The number of fused-ring (bicyclic) bond motifs is 1. The summed E-state index contributed by atoms with van der Waals surface area (Å²) in [7, 11) is 0. The molecule has 0 aliphatic carbocycles. The van der Waals surface area contributed by atoms with Crippen molar-refractivity contribution in [3.8, 4) is 33.8 Å². The molecule has 0 atom stereocenters. The van der Waals surface area contributed by atoms with Gasteiger partial charge in [-0.1, -0.05) is 42.5 Å². The Morgan fingerprint density at radius 2 is 1.56 bits per heavy atom. The summed E-state index contributed by atoms with van der Waals surface area (Å²) in [6.45, 7) is 0. The minimum Gasteiger partial charge on any atom is -0.507 e. The molecule has 0 fully saturated rings. The van der Waals surface area contributed by atoms with Crippen molar-refractivity contribution in [1.29, 1.82) is 0 Å². The zero-order valence-electron chi connectivity index (χ0n) is 13.8. The number of phenolic OH excluding ortho intramolecular Hbond substituents is 1. The summed E-state index contributed by atoms with van der Waals surface area (Å²) in [6, 6.07) is 14.3. The summed E-state index contributed by atoms with van der Waals surface area (Å²) in [5.41, 5.74) is 1.37. The van der Waals surface area contributed by atoms with Crippen LogP contribution in [0.4, 0.5) is 0 Å². The van der Waals surface area contributed by atoms with Crippen LogP contribution >= 0.6 is 11.3 Å². The van der Waals surface area contributed by atoms with E-state index in [1.54, 1.807) is 23.6 Å². The van der Waals surface area contributed by atoms with Gasteiger partial charge in [0.1, 0.15) is 16.3 Å². The van der Waals surface area contributed by atoms with Crippen LogP contribution < -0.4 is 5.56 Å². The highest BCUT2D eigenvalue weighted by atomic mass is 32.1. The molecule has 4 rings (SSSR count). The lowest BCUT2D eigenvalue weighted by Crippen LogP contribution is -2.17. The number of nitrogens with one attached hydrogen (secondary N) is 1. The fourth-order valence-electron chi connectivity index (χ4n) is 3.04. The average molecular weight is 379 g/mol. The third kappa shape index (κ3) is 2.74. The third-order valence-electron chi connectivity index (χ3n) is 4.34. The zero-order chi connectivity index (χ0) is 19.1. The number of aromatic carboxylic acids is 1. The number of carboxylic acids is 1. The number of thiophene rings is 1. The molecule has 2 aromatic carbocycles. The first kappa shape index (κ1) is 16.9. The van der Waals surface area contributed by atoms with Crippen LogP contribution in [0.3, 0.4) is 0 Å². The van der Waals surface area contributed by atoms with E-state index in [-0.39, 0.29) is 5.75 Å². The van der Waals surface area contributed by atoms with Gasteiger partial charge in [-0.2, -0.15) is 0 Å². The van der Waals surface area contributed by atoms with Gasteiger partial charge in [-0.25, -0.2) is 4.79 Å². The van der Waals surface area contributed by atoms with Crippen molar-refractivity contribution in [3.05, 3.63) is 69.8 Å². The number of para-hydroxylation sites is 1. The number of H-pyrrole nitrogens is 1. The minimum atomic E-state index is -1.48. The van der Waals surface area contributed by atoms with Gasteiger partial charge in [-0.05, 0) is 17.2 Å². The molecule has 0 saturated heterocycles. The first-order chi connectivity index (χ1) is 13.0. The summed E-state index contributed by atoms with van der Waals surface area (Å²) in [5.74, 6) is -1.85. The van der Waals surface area contributed by atoms with Gasteiger partial charge < -0.3 is 20.3 Å². The fraction of sp³-hybridized carbons (Fsp3) is 0. The standard InChI is InChI=1S/C20H13NO5S/c22-14-4-2-1-3-12(14)10-5-7-11(8-6-10)13-9-27-19-15(13)17(23)16(20(25)26)18(24)21-19/h1-9,22H,(H,25,26)(H2,21,23,24). The molecule has 0 radical (unpaired) electrons. The van der Waals surface area contributed by atoms with Crippen LogP contribution in [-0.4, -0.2) is 26.3 Å². The maximum atomic E-state index is 11.9. The molecular formula is C20H13NO5S. The molecule has 134 valence electrons. The lowest BCUT2D eigenvalue weighted by atomic mass is 9.99. The number of carboxylic acid groups (broad SMARTS) is 1. The van der Waals surface area contributed by atoms with E-state index < -0.39 is 22.8 Å². The van der Waals surface area contributed by atoms with E-state index in [1.165, 1.54) is 11.3 Å². The van der Waals surface area contributed by atoms with E-state index in [0.717, 1.165) is 11.1 Å². The first-order valence-electron chi connectivity index (χ1n) is 7.96. The summed E-state index contributed by atoms with van der Waals surface area (Å²) in [6.07, 6.45) is 0. The predicted octanol–water partition coefficient (Wildman–Crippen LogP) is 4.03. The molecule has 7 heteroatoms. The van der Waals surface area contributed by atoms with Gasteiger partial charge in [0.05, 0.1) is 5.39 Å². The maximum absolute atomic E-state index is 11.9. The van der Waals surface area contributed by atoms with Crippen LogP contribution in [0.1, 0.15) is 10.4 Å². The van der Waals surface area contributed by atoms with E-state index in [2.05, 4.69) is 4.98 Å². The lowest BCUT2D eigenvalue weighted by Gasteiger charge is -2.07. The van der Waals surface area contributed by atoms with Gasteiger partial charge in [0.2, 0.25) is 0 Å². The predicted molar refractivity (Wildman–Crippen MR) is 104 cm³/mol. The quantitative estimate of drug-likeness (QED) is 0.429. The van der Waals surface area contributed by atoms with Gasteiger partial charge in [0, 0.05) is 16.5 Å². The molecule has 0 amide bonds. The minimum absolute atomic E-state index is 0.174. The Bertz CT molecular complexity index is 1240. The second-order valence-corrected chi connectivity index (χ2v) is 6.81. The Morgan fingerprint density at radius 3 is 2.19 bits per heavy atom. The van der Waals surface area contributed by atoms with E-state index >= 15 is 0 Å². The number of hydrogen-bond acceptors (Lipinski definition) is 5. The van der Waals surface area contributed by atoms with Gasteiger partial charge in [-0.15, -0.1) is 11.3 Å². The Balaban J connectivity index is 1.86. The van der Waals surface area contributed by atoms with Crippen LogP contribution in [0.5, 0.6) is 11.5 Å². The van der Waals surface area contributed by atoms with Crippen molar-refractivity contribution in [2.75, 3.05) is 0 Å². The molecule has 4 aromatic rings. The summed E-state index contributed by atoms with van der Waals surface area (Å²) in [5, 5.41) is 31.6. The molecule has 4 N–H and O–H groups in total. The molecule has 2 heterocycles. The number of rotatable bonds is 3. The lowest BCUT2D eigenvalue weighted by molar-refractivity contribution is 0.0692. The Labute approximate surface area is 156 Å². The molecule has 2 aromatic heterocycles. The van der Waals surface area contributed by atoms with Crippen LogP contribution in [0.15, 0.2) is 58.7 Å². The van der Waals surface area contributed by atoms with Gasteiger partial charge in [0.25, 0.3) is 5.56 Å². The number of aromatic amines is 1. The number of phenols is 1. The topological polar surface area (TPSA) is 111 Å². The highest BCUT2D eigenvalue weighted by Gasteiger charge is 2.21. The highest BCUT2D eigenvalue weighted by molar-refractivity contribution is 7.17. The monoisotopic (exact) mass is 379 g/mol. The molecular weight excluding hydrogens is 366 g/mol. The molecule has 0 spiro atoms. The van der Waals surface area contributed by atoms with Crippen molar-refractivity contribution in [3.63, 3.8) is 0 Å². The largest absolute Gasteiger partial charge is 0.507 e. The number of aromatic hydroxyl groups is 2. The third-order valence-corrected chi connectivity index (χ3v) is 5.24. The Kier molecular flexibility index (Phi) is 3.93. The number of pyridine rings is 1.